The van der Waals surface area contributed by atoms with Crippen LogP contribution in [-0.2, 0) is 0 Å². The largest absolute Gasteiger partial charge is 0.476 e. The van der Waals surface area contributed by atoms with E-state index in [2.05, 4.69) is 23.0 Å². The van der Waals surface area contributed by atoms with E-state index in [-0.39, 0.29) is 0 Å². The zero-order valence-corrected chi connectivity index (χ0v) is 8.08. The molecule has 2 rings (SSSR count). The molecule has 0 radical (unpaired) electrons. The summed E-state index contributed by atoms with van der Waals surface area (Å²) in [6.45, 7) is 3.86. The number of aromatic nitrogens is 1. The molecule has 13 heavy (non-hydrogen) atoms. The van der Waals surface area contributed by atoms with Crippen LogP contribution in [0.3, 0.4) is 0 Å². The molecule has 0 N–H and O–H groups in total. The Kier molecular flexibility index (Phi) is 2.08. The summed E-state index contributed by atoms with van der Waals surface area (Å²) in [5.41, 5.74) is 2.29. The van der Waals surface area contributed by atoms with Gasteiger partial charge >= 0.3 is 0 Å². The standard InChI is InChI=1S/C10H14N2O/c1-8-6-9-10(11-7-8)13-5-3-4-12(9)2/h6-7H,3-5H2,1-2H3. The number of rotatable bonds is 0. The summed E-state index contributed by atoms with van der Waals surface area (Å²) in [6.07, 6.45) is 2.91. The Morgan fingerprint density at radius 1 is 1.54 bits per heavy atom. The molecular formula is C10H14N2O. The lowest BCUT2D eigenvalue weighted by molar-refractivity contribution is 0.311. The Hall–Kier alpha value is -1.25. The Morgan fingerprint density at radius 3 is 3.23 bits per heavy atom. The Labute approximate surface area is 78.3 Å². The summed E-state index contributed by atoms with van der Waals surface area (Å²) >= 11 is 0. The average molecular weight is 178 g/mol. The van der Waals surface area contributed by atoms with Gasteiger partial charge in [-0.15, -0.1) is 0 Å². The molecule has 1 aromatic heterocycles. The van der Waals surface area contributed by atoms with Crippen molar-refractivity contribution in [2.45, 2.75) is 13.3 Å². The van der Waals surface area contributed by atoms with Crippen LogP contribution in [0, 0.1) is 6.92 Å². The maximum absolute atomic E-state index is 5.52. The predicted molar refractivity (Wildman–Crippen MR) is 52.4 cm³/mol. The number of pyridine rings is 1. The molecule has 0 saturated heterocycles. The summed E-state index contributed by atoms with van der Waals surface area (Å²) in [4.78, 5) is 6.46. The number of fused-ring (bicyclic) bond motifs is 1. The smallest absolute Gasteiger partial charge is 0.237 e. The second-order valence-electron chi connectivity index (χ2n) is 3.46. The van der Waals surface area contributed by atoms with Crippen LogP contribution in [0.2, 0.25) is 0 Å². The SMILES string of the molecule is Cc1cnc2c(c1)N(C)CCCO2. The van der Waals surface area contributed by atoms with E-state index in [0.29, 0.717) is 0 Å². The third-order valence-corrected chi connectivity index (χ3v) is 2.26. The number of hydrogen-bond acceptors (Lipinski definition) is 3. The van der Waals surface area contributed by atoms with Crippen molar-refractivity contribution < 1.29 is 4.74 Å². The van der Waals surface area contributed by atoms with Gasteiger partial charge in [-0.05, 0) is 25.0 Å². The molecule has 0 unspecified atom stereocenters. The molecule has 2 heterocycles. The molecule has 1 aliphatic rings. The van der Waals surface area contributed by atoms with Gasteiger partial charge in [0.25, 0.3) is 0 Å². The lowest BCUT2D eigenvalue weighted by atomic mass is 10.2. The molecule has 70 valence electrons. The van der Waals surface area contributed by atoms with E-state index in [0.717, 1.165) is 31.1 Å². The number of anilines is 1. The van der Waals surface area contributed by atoms with E-state index in [9.17, 15) is 0 Å². The minimum Gasteiger partial charge on any atom is -0.476 e. The van der Waals surface area contributed by atoms with E-state index in [4.69, 9.17) is 4.74 Å². The third kappa shape index (κ3) is 1.59. The van der Waals surface area contributed by atoms with Crippen molar-refractivity contribution in [3.63, 3.8) is 0 Å². The van der Waals surface area contributed by atoms with Gasteiger partial charge in [0.1, 0.15) is 0 Å². The number of nitrogens with zero attached hydrogens (tertiary/aromatic N) is 2. The molecule has 0 saturated carbocycles. The Balaban J connectivity index is 2.43. The highest BCUT2D eigenvalue weighted by atomic mass is 16.5. The van der Waals surface area contributed by atoms with Crippen LogP contribution in [0.25, 0.3) is 0 Å². The second kappa shape index (κ2) is 3.24. The first kappa shape index (κ1) is 8.35. The highest BCUT2D eigenvalue weighted by molar-refractivity contribution is 5.56. The van der Waals surface area contributed by atoms with Gasteiger partial charge in [0, 0.05) is 19.8 Å². The van der Waals surface area contributed by atoms with Crippen LogP contribution in [0.15, 0.2) is 12.3 Å². The molecule has 1 aromatic rings. The van der Waals surface area contributed by atoms with Gasteiger partial charge in [0.05, 0.1) is 12.3 Å². The van der Waals surface area contributed by atoms with Crippen LogP contribution in [0.5, 0.6) is 5.88 Å². The fraction of sp³-hybridized carbons (Fsp3) is 0.500. The van der Waals surface area contributed by atoms with Crippen LogP contribution < -0.4 is 9.64 Å². The van der Waals surface area contributed by atoms with E-state index in [1.807, 2.05) is 13.1 Å². The number of ether oxygens (including phenoxy) is 1. The highest BCUT2D eigenvalue weighted by Gasteiger charge is 2.13. The van der Waals surface area contributed by atoms with Gasteiger partial charge in [-0.2, -0.15) is 0 Å². The fourth-order valence-corrected chi connectivity index (χ4v) is 1.52. The Bertz CT molecular complexity index is 312. The van der Waals surface area contributed by atoms with Crippen molar-refractivity contribution in [2.24, 2.45) is 0 Å². The lowest BCUT2D eigenvalue weighted by Crippen LogP contribution is -2.17. The molecule has 0 fully saturated rings. The van der Waals surface area contributed by atoms with Crippen molar-refractivity contribution in [1.29, 1.82) is 0 Å². The third-order valence-electron chi connectivity index (χ3n) is 2.26. The average Bonchev–Trinajstić information content (AvgIpc) is 2.29. The molecule has 0 atom stereocenters. The minimum absolute atomic E-state index is 0.769. The first-order valence-corrected chi connectivity index (χ1v) is 4.58. The van der Waals surface area contributed by atoms with Gasteiger partial charge in [-0.3, -0.25) is 0 Å². The highest BCUT2D eigenvalue weighted by Crippen LogP contribution is 2.27. The molecule has 0 amide bonds. The molecule has 3 heteroatoms. The predicted octanol–water partition coefficient (Wildman–Crippen LogP) is 1.61. The zero-order chi connectivity index (χ0) is 9.26. The van der Waals surface area contributed by atoms with E-state index >= 15 is 0 Å². The van der Waals surface area contributed by atoms with E-state index in [1.54, 1.807) is 0 Å². The molecule has 0 aliphatic carbocycles. The van der Waals surface area contributed by atoms with Gasteiger partial charge in [0.15, 0.2) is 0 Å². The molecule has 0 spiro atoms. The summed E-state index contributed by atoms with van der Waals surface area (Å²) in [6, 6.07) is 2.12. The normalized spacial score (nSPS) is 16.0. The van der Waals surface area contributed by atoms with Gasteiger partial charge in [-0.25, -0.2) is 4.98 Å². The van der Waals surface area contributed by atoms with Gasteiger partial charge < -0.3 is 9.64 Å². The van der Waals surface area contributed by atoms with Gasteiger partial charge in [-0.1, -0.05) is 0 Å². The maximum atomic E-state index is 5.52. The summed E-state index contributed by atoms with van der Waals surface area (Å²) in [7, 11) is 2.08. The first-order valence-electron chi connectivity index (χ1n) is 4.58. The van der Waals surface area contributed by atoms with Crippen LogP contribution in [0.1, 0.15) is 12.0 Å². The van der Waals surface area contributed by atoms with Crippen molar-refractivity contribution in [3.05, 3.63) is 17.8 Å². The molecule has 0 bridgehead atoms. The molecule has 3 nitrogen and oxygen atoms in total. The number of aryl methyl sites for hydroxylation is 1. The van der Waals surface area contributed by atoms with Crippen molar-refractivity contribution >= 4 is 5.69 Å². The van der Waals surface area contributed by atoms with E-state index in [1.165, 1.54) is 5.56 Å². The van der Waals surface area contributed by atoms with Crippen LogP contribution in [-0.4, -0.2) is 25.2 Å². The quantitative estimate of drug-likeness (QED) is 0.603. The van der Waals surface area contributed by atoms with Gasteiger partial charge in [0.2, 0.25) is 5.88 Å². The fourth-order valence-electron chi connectivity index (χ4n) is 1.52. The molecular weight excluding hydrogens is 164 g/mol. The molecule has 0 aromatic carbocycles. The van der Waals surface area contributed by atoms with Crippen LogP contribution in [0.4, 0.5) is 5.69 Å². The van der Waals surface area contributed by atoms with Crippen molar-refractivity contribution in [2.75, 3.05) is 25.1 Å². The topological polar surface area (TPSA) is 25.4 Å². The first-order chi connectivity index (χ1) is 6.27. The summed E-state index contributed by atoms with van der Waals surface area (Å²) < 4.78 is 5.52. The monoisotopic (exact) mass is 178 g/mol. The van der Waals surface area contributed by atoms with E-state index < -0.39 is 0 Å². The summed E-state index contributed by atoms with van der Waals surface area (Å²) in [5.74, 6) is 0.769. The lowest BCUT2D eigenvalue weighted by Gasteiger charge is -2.17. The maximum Gasteiger partial charge on any atom is 0.237 e. The van der Waals surface area contributed by atoms with Crippen molar-refractivity contribution in [1.82, 2.24) is 4.98 Å². The zero-order valence-electron chi connectivity index (χ0n) is 8.08. The summed E-state index contributed by atoms with van der Waals surface area (Å²) in [5, 5.41) is 0. The Morgan fingerprint density at radius 2 is 2.38 bits per heavy atom. The second-order valence-corrected chi connectivity index (χ2v) is 3.46. The van der Waals surface area contributed by atoms with Crippen LogP contribution >= 0.6 is 0 Å². The minimum atomic E-state index is 0.769. The molecule has 1 aliphatic heterocycles. The number of hydrogen-bond donors (Lipinski definition) is 0. The van der Waals surface area contributed by atoms with Crippen molar-refractivity contribution in [3.8, 4) is 5.88 Å².